The van der Waals surface area contributed by atoms with E-state index in [1.165, 1.54) is 29.2 Å². The van der Waals surface area contributed by atoms with Crippen molar-refractivity contribution in [3.63, 3.8) is 0 Å². The molecule has 4 atom stereocenters. The van der Waals surface area contributed by atoms with Gasteiger partial charge in [-0.3, -0.25) is 24.5 Å². The van der Waals surface area contributed by atoms with Crippen molar-refractivity contribution in [2.24, 2.45) is 11.8 Å². The van der Waals surface area contributed by atoms with E-state index in [2.05, 4.69) is 5.32 Å². The van der Waals surface area contributed by atoms with E-state index in [1.807, 2.05) is 41.3 Å². The molecule has 3 aliphatic heterocycles. The molecule has 0 unspecified atom stereocenters. The molecule has 3 aliphatic rings. The Kier molecular flexibility index (Phi) is 4.92. The lowest BCUT2D eigenvalue weighted by molar-refractivity contribution is -0.384. The Labute approximate surface area is 205 Å². The van der Waals surface area contributed by atoms with Crippen LogP contribution in [0.5, 0.6) is 0 Å². The van der Waals surface area contributed by atoms with E-state index in [4.69, 9.17) is 0 Å². The average Bonchev–Trinajstić information content (AvgIpc) is 3.37. The van der Waals surface area contributed by atoms with Crippen molar-refractivity contribution < 1.29 is 19.3 Å². The molecular weight excluding hydrogens is 460 g/mol. The minimum absolute atomic E-state index is 0.0980. The van der Waals surface area contributed by atoms with Crippen molar-refractivity contribution >= 4 is 46.5 Å². The Morgan fingerprint density at radius 3 is 2.25 bits per heavy atom. The zero-order valence-corrected chi connectivity index (χ0v) is 18.9. The number of carbonyl (C=O) groups excluding carboxylic acids is 3. The fourth-order valence-corrected chi connectivity index (χ4v) is 5.53. The smallest absolute Gasteiger partial charge is 0.269 e. The number of nitro groups is 1. The molecule has 1 N–H and O–H groups in total. The van der Waals surface area contributed by atoms with Gasteiger partial charge in [-0.1, -0.05) is 48.6 Å². The van der Waals surface area contributed by atoms with Crippen LogP contribution in [0.3, 0.4) is 0 Å². The summed E-state index contributed by atoms with van der Waals surface area (Å²) in [4.78, 5) is 54.6. The molecule has 0 spiro atoms. The van der Waals surface area contributed by atoms with Gasteiger partial charge in [0.05, 0.1) is 28.5 Å². The number of fused-ring (bicyclic) bond motifs is 5. The largest absolute Gasteiger partial charge is 0.351 e. The first-order valence-corrected chi connectivity index (χ1v) is 11.5. The summed E-state index contributed by atoms with van der Waals surface area (Å²) in [6, 6.07) is 20.3. The molecule has 0 radical (unpaired) electrons. The quantitative estimate of drug-likeness (QED) is 0.347. The molecule has 0 aliphatic carbocycles. The van der Waals surface area contributed by atoms with Crippen molar-refractivity contribution in [3.05, 3.63) is 101 Å². The molecule has 2 saturated heterocycles. The SMILES string of the molecule is O=C(Nc1ccc([N+](=O)[O-])cc1)[C@@H]1[C@@H]2C(=O)N(c3ccccc3)C(=O)[C@H]2[C@H]2C=Cc3ccccc3N21. The van der Waals surface area contributed by atoms with Crippen molar-refractivity contribution in [1.82, 2.24) is 0 Å². The molecule has 0 aromatic heterocycles. The molecule has 178 valence electrons. The maximum atomic E-state index is 13.7. The topological polar surface area (TPSA) is 113 Å². The lowest BCUT2D eigenvalue weighted by atomic mass is 9.88. The number of nitro benzene ring substituents is 1. The van der Waals surface area contributed by atoms with Crippen LogP contribution in [-0.2, 0) is 14.4 Å². The fourth-order valence-electron chi connectivity index (χ4n) is 5.53. The maximum Gasteiger partial charge on any atom is 0.269 e. The number of nitrogens with one attached hydrogen (secondary N) is 1. The second-order valence-electron chi connectivity index (χ2n) is 8.95. The van der Waals surface area contributed by atoms with Crippen LogP contribution in [0.4, 0.5) is 22.7 Å². The lowest BCUT2D eigenvalue weighted by Gasteiger charge is -2.36. The predicted molar refractivity (Wildman–Crippen MR) is 133 cm³/mol. The maximum absolute atomic E-state index is 13.7. The summed E-state index contributed by atoms with van der Waals surface area (Å²) in [5.74, 6) is -2.82. The van der Waals surface area contributed by atoms with Crippen LogP contribution in [0, 0.1) is 22.0 Å². The second-order valence-corrected chi connectivity index (χ2v) is 8.95. The fraction of sp³-hybridized carbons (Fsp3) is 0.148. The molecule has 9 heteroatoms. The summed E-state index contributed by atoms with van der Waals surface area (Å²) < 4.78 is 0. The van der Waals surface area contributed by atoms with Crippen molar-refractivity contribution in [2.45, 2.75) is 12.1 Å². The van der Waals surface area contributed by atoms with Crippen LogP contribution in [0.1, 0.15) is 5.56 Å². The van der Waals surface area contributed by atoms with E-state index < -0.39 is 40.7 Å². The van der Waals surface area contributed by atoms with Gasteiger partial charge < -0.3 is 10.2 Å². The van der Waals surface area contributed by atoms with Gasteiger partial charge in [-0.15, -0.1) is 0 Å². The Bertz CT molecular complexity index is 1440. The van der Waals surface area contributed by atoms with Gasteiger partial charge in [0.15, 0.2) is 0 Å². The summed E-state index contributed by atoms with van der Waals surface area (Å²) in [6.07, 6.45) is 3.81. The minimum Gasteiger partial charge on any atom is -0.351 e. The summed E-state index contributed by atoms with van der Waals surface area (Å²) in [6.45, 7) is 0. The highest BCUT2D eigenvalue weighted by Gasteiger charge is 2.64. The third-order valence-corrected chi connectivity index (χ3v) is 7.04. The van der Waals surface area contributed by atoms with Crippen LogP contribution >= 0.6 is 0 Å². The summed E-state index contributed by atoms with van der Waals surface area (Å²) >= 11 is 0. The number of hydrogen-bond donors (Lipinski definition) is 1. The first-order chi connectivity index (χ1) is 17.5. The molecule has 6 rings (SSSR count). The molecule has 3 amide bonds. The molecular formula is C27H20N4O5. The molecule has 0 bridgehead atoms. The van der Waals surface area contributed by atoms with Gasteiger partial charge in [0.2, 0.25) is 17.7 Å². The van der Waals surface area contributed by atoms with Crippen LogP contribution in [-0.4, -0.2) is 34.7 Å². The Morgan fingerprint density at radius 2 is 1.53 bits per heavy atom. The highest BCUT2D eigenvalue weighted by atomic mass is 16.6. The van der Waals surface area contributed by atoms with Crippen LogP contribution in [0.15, 0.2) is 84.9 Å². The van der Waals surface area contributed by atoms with Gasteiger partial charge in [-0.25, -0.2) is 4.90 Å². The number of nitrogens with zero attached hydrogens (tertiary/aromatic N) is 3. The number of rotatable bonds is 4. The highest BCUT2D eigenvalue weighted by molar-refractivity contribution is 6.25. The highest BCUT2D eigenvalue weighted by Crippen LogP contribution is 2.49. The molecule has 3 aromatic rings. The lowest BCUT2D eigenvalue weighted by Crippen LogP contribution is -2.50. The summed E-state index contributed by atoms with van der Waals surface area (Å²) in [5, 5.41) is 13.8. The Morgan fingerprint density at radius 1 is 0.861 bits per heavy atom. The summed E-state index contributed by atoms with van der Waals surface area (Å²) in [5.41, 5.74) is 2.40. The summed E-state index contributed by atoms with van der Waals surface area (Å²) in [7, 11) is 0. The van der Waals surface area contributed by atoms with Crippen LogP contribution in [0.25, 0.3) is 6.08 Å². The third kappa shape index (κ3) is 3.20. The molecule has 2 fully saturated rings. The number of imide groups is 1. The number of anilines is 3. The predicted octanol–water partition coefficient (Wildman–Crippen LogP) is 3.62. The number of carbonyl (C=O) groups is 3. The standard InChI is InChI=1S/C27H20N4O5/c32-25(28-17-11-13-19(14-12-17)31(35)36)24-23-22(21-15-10-16-6-4-5-9-20(16)30(21)24)26(33)29(27(23)34)18-7-2-1-3-8-18/h1-15,21-24H,(H,28,32)/t21-,22+,23-,24+/m1/s1. The minimum atomic E-state index is -0.952. The zero-order chi connectivity index (χ0) is 25.0. The molecule has 0 saturated carbocycles. The molecule has 3 aromatic carbocycles. The molecule has 36 heavy (non-hydrogen) atoms. The van der Waals surface area contributed by atoms with Gasteiger partial charge in [0.25, 0.3) is 5.69 Å². The van der Waals surface area contributed by atoms with Gasteiger partial charge >= 0.3 is 0 Å². The van der Waals surface area contributed by atoms with Crippen LogP contribution in [0.2, 0.25) is 0 Å². The number of amides is 3. The average molecular weight is 480 g/mol. The van der Waals surface area contributed by atoms with Gasteiger partial charge in [-0.05, 0) is 35.9 Å². The van der Waals surface area contributed by atoms with Crippen molar-refractivity contribution in [3.8, 4) is 0 Å². The Balaban J connectivity index is 1.41. The van der Waals surface area contributed by atoms with Gasteiger partial charge in [0, 0.05) is 23.5 Å². The first kappa shape index (κ1) is 21.7. The van der Waals surface area contributed by atoms with Crippen LogP contribution < -0.4 is 15.1 Å². The monoisotopic (exact) mass is 480 g/mol. The number of para-hydroxylation sites is 2. The van der Waals surface area contributed by atoms with Gasteiger partial charge in [-0.2, -0.15) is 0 Å². The zero-order valence-electron chi connectivity index (χ0n) is 18.9. The van der Waals surface area contributed by atoms with Crippen molar-refractivity contribution in [1.29, 1.82) is 0 Å². The van der Waals surface area contributed by atoms with E-state index in [-0.39, 0.29) is 11.6 Å². The number of hydrogen-bond acceptors (Lipinski definition) is 6. The van der Waals surface area contributed by atoms with Crippen molar-refractivity contribution in [2.75, 3.05) is 15.1 Å². The van der Waals surface area contributed by atoms with E-state index in [0.29, 0.717) is 11.4 Å². The first-order valence-electron chi connectivity index (χ1n) is 11.5. The van der Waals surface area contributed by atoms with E-state index in [1.54, 1.807) is 30.3 Å². The number of non-ortho nitro benzene ring substituents is 1. The van der Waals surface area contributed by atoms with E-state index in [0.717, 1.165) is 11.3 Å². The molecule has 9 nitrogen and oxygen atoms in total. The number of benzene rings is 3. The third-order valence-electron chi connectivity index (χ3n) is 7.04. The van der Waals surface area contributed by atoms with E-state index >= 15 is 0 Å². The Hall–Kier alpha value is -4.79. The van der Waals surface area contributed by atoms with E-state index in [9.17, 15) is 24.5 Å². The molecule has 3 heterocycles. The van der Waals surface area contributed by atoms with Gasteiger partial charge in [0.1, 0.15) is 6.04 Å². The second kappa shape index (κ2) is 8.16. The normalized spacial score (nSPS) is 23.8.